The van der Waals surface area contributed by atoms with Crippen molar-refractivity contribution < 1.29 is 28.7 Å². The van der Waals surface area contributed by atoms with Crippen LogP contribution in [0.5, 0.6) is 11.6 Å². The molecular formula is C23H22BNO6. The Hall–Kier alpha value is -3.23. The first-order valence-electron chi connectivity index (χ1n) is 9.87. The highest BCUT2D eigenvalue weighted by molar-refractivity contribution is 6.63. The zero-order chi connectivity index (χ0) is 22.4. The lowest BCUT2D eigenvalue weighted by Crippen LogP contribution is -2.41. The molecule has 0 spiro atoms. The zero-order valence-electron chi connectivity index (χ0n) is 17.7. The van der Waals surface area contributed by atoms with Gasteiger partial charge in [0.2, 0.25) is 5.88 Å². The molecule has 0 unspecified atom stereocenters. The average molecular weight is 419 g/mol. The van der Waals surface area contributed by atoms with Gasteiger partial charge in [-0.1, -0.05) is 12.1 Å². The summed E-state index contributed by atoms with van der Waals surface area (Å²) >= 11 is 0. The van der Waals surface area contributed by atoms with Gasteiger partial charge in [0.15, 0.2) is 0 Å². The van der Waals surface area contributed by atoms with Crippen molar-refractivity contribution in [3.05, 3.63) is 59.7 Å². The van der Waals surface area contributed by atoms with Crippen LogP contribution in [0.1, 0.15) is 48.4 Å². The van der Waals surface area contributed by atoms with E-state index in [9.17, 15) is 14.7 Å². The molecular weight excluding hydrogens is 397 g/mol. The van der Waals surface area contributed by atoms with Crippen LogP contribution in [0.4, 0.5) is 0 Å². The van der Waals surface area contributed by atoms with Crippen molar-refractivity contribution in [2.75, 3.05) is 0 Å². The Labute approximate surface area is 180 Å². The number of carboxylic acid groups (broad SMARTS) is 1. The highest BCUT2D eigenvalue weighted by atomic mass is 16.7. The third-order valence-electron chi connectivity index (χ3n) is 5.85. The first kappa shape index (κ1) is 21.0. The van der Waals surface area contributed by atoms with Crippen LogP contribution in [0.2, 0.25) is 0 Å². The van der Waals surface area contributed by atoms with Crippen LogP contribution in [0.3, 0.4) is 0 Å². The van der Waals surface area contributed by atoms with E-state index >= 15 is 0 Å². The number of aromatic carboxylic acids is 1. The van der Waals surface area contributed by atoms with Gasteiger partial charge in [-0.3, -0.25) is 4.79 Å². The third kappa shape index (κ3) is 3.80. The second-order valence-corrected chi connectivity index (χ2v) is 8.43. The van der Waals surface area contributed by atoms with Crippen molar-refractivity contribution in [1.82, 2.24) is 4.98 Å². The molecule has 0 atom stereocenters. The average Bonchev–Trinajstić information content (AvgIpc) is 2.94. The van der Waals surface area contributed by atoms with Gasteiger partial charge in [0.05, 0.1) is 22.3 Å². The number of carboxylic acids is 1. The van der Waals surface area contributed by atoms with E-state index in [4.69, 9.17) is 14.0 Å². The summed E-state index contributed by atoms with van der Waals surface area (Å²) in [5.41, 5.74) is 0.657. The molecule has 0 saturated carbocycles. The van der Waals surface area contributed by atoms with E-state index in [1.165, 1.54) is 6.07 Å². The van der Waals surface area contributed by atoms with Crippen LogP contribution in [-0.4, -0.2) is 40.7 Å². The van der Waals surface area contributed by atoms with Crippen molar-refractivity contribution in [3.8, 4) is 11.6 Å². The fourth-order valence-electron chi connectivity index (χ4n) is 3.40. The molecule has 4 rings (SSSR count). The molecule has 1 saturated heterocycles. The minimum Gasteiger partial charge on any atom is -0.478 e. The first-order chi connectivity index (χ1) is 14.6. The Bertz CT molecular complexity index is 1170. The molecule has 0 amide bonds. The van der Waals surface area contributed by atoms with Crippen LogP contribution in [-0.2, 0) is 9.31 Å². The molecule has 0 bridgehead atoms. The summed E-state index contributed by atoms with van der Waals surface area (Å²) in [7, 11) is -0.660. The standard InChI is InChI=1S/C23H22BNO6/c1-22(2)23(3,4)31-24(30-22)18-10-8-15(12-14(18)13-26)29-20-11-9-16-17(21(27)28)6-5-7-19(16)25-20/h5-13H,1-4H3,(H,27,28). The van der Waals surface area contributed by atoms with E-state index in [1.54, 1.807) is 42.5 Å². The molecule has 7 nitrogen and oxygen atoms in total. The molecule has 0 radical (unpaired) electrons. The van der Waals surface area contributed by atoms with E-state index < -0.39 is 24.3 Å². The van der Waals surface area contributed by atoms with Crippen molar-refractivity contribution in [3.63, 3.8) is 0 Å². The lowest BCUT2D eigenvalue weighted by atomic mass is 9.76. The number of benzene rings is 2. The number of aldehydes is 1. The van der Waals surface area contributed by atoms with Crippen molar-refractivity contribution in [2.24, 2.45) is 0 Å². The molecule has 31 heavy (non-hydrogen) atoms. The Kier molecular flexibility index (Phi) is 5.07. The molecule has 1 aliphatic heterocycles. The monoisotopic (exact) mass is 419 g/mol. The highest BCUT2D eigenvalue weighted by Gasteiger charge is 2.52. The van der Waals surface area contributed by atoms with Crippen LogP contribution in [0.15, 0.2) is 48.5 Å². The van der Waals surface area contributed by atoms with E-state index in [-0.39, 0.29) is 11.4 Å². The number of fused-ring (bicyclic) bond motifs is 1. The van der Waals surface area contributed by atoms with Crippen LogP contribution in [0, 0.1) is 0 Å². The Morgan fingerprint density at radius 3 is 2.42 bits per heavy atom. The summed E-state index contributed by atoms with van der Waals surface area (Å²) < 4.78 is 17.9. The molecule has 2 heterocycles. The van der Waals surface area contributed by atoms with E-state index in [1.807, 2.05) is 27.7 Å². The van der Waals surface area contributed by atoms with Gasteiger partial charge in [-0.15, -0.1) is 0 Å². The minimum absolute atomic E-state index is 0.173. The van der Waals surface area contributed by atoms with Gasteiger partial charge >= 0.3 is 13.1 Å². The molecule has 1 N–H and O–H groups in total. The van der Waals surface area contributed by atoms with Crippen LogP contribution in [0.25, 0.3) is 10.9 Å². The topological polar surface area (TPSA) is 95.0 Å². The van der Waals surface area contributed by atoms with Gasteiger partial charge in [0.1, 0.15) is 12.0 Å². The van der Waals surface area contributed by atoms with Gasteiger partial charge in [0, 0.05) is 17.0 Å². The second-order valence-electron chi connectivity index (χ2n) is 8.43. The smallest absolute Gasteiger partial charge is 0.478 e. The molecule has 0 aliphatic carbocycles. The number of aromatic nitrogens is 1. The van der Waals surface area contributed by atoms with Crippen LogP contribution >= 0.6 is 0 Å². The number of pyridine rings is 1. The van der Waals surface area contributed by atoms with Crippen LogP contribution < -0.4 is 10.2 Å². The fraction of sp³-hybridized carbons (Fsp3) is 0.261. The van der Waals surface area contributed by atoms with Gasteiger partial charge < -0.3 is 19.2 Å². The predicted molar refractivity (Wildman–Crippen MR) is 116 cm³/mol. The molecule has 3 aromatic rings. The Balaban J connectivity index is 1.62. The largest absolute Gasteiger partial charge is 0.495 e. The summed E-state index contributed by atoms with van der Waals surface area (Å²) in [4.78, 5) is 27.5. The number of carbonyl (C=O) groups excluding carboxylic acids is 1. The molecule has 1 aliphatic rings. The fourth-order valence-corrected chi connectivity index (χ4v) is 3.40. The Morgan fingerprint density at radius 1 is 1.06 bits per heavy atom. The van der Waals surface area contributed by atoms with Gasteiger partial charge in [-0.05, 0) is 63.5 Å². The highest BCUT2D eigenvalue weighted by Crippen LogP contribution is 2.37. The Morgan fingerprint density at radius 2 is 1.77 bits per heavy atom. The zero-order valence-corrected chi connectivity index (χ0v) is 17.7. The summed E-state index contributed by atoms with van der Waals surface area (Å²) in [5, 5.41) is 9.83. The summed E-state index contributed by atoms with van der Waals surface area (Å²) in [6, 6.07) is 13.2. The van der Waals surface area contributed by atoms with E-state index in [0.29, 0.717) is 27.7 Å². The first-order valence-corrected chi connectivity index (χ1v) is 9.87. The number of rotatable bonds is 5. The quantitative estimate of drug-likeness (QED) is 0.496. The SMILES string of the molecule is CC1(C)OB(c2ccc(Oc3ccc4c(C(=O)O)cccc4n3)cc2C=O)OC1(C)C. The number of hydrogen-bond acceptors (Lipinski definition) is 6. The number of ether oxygens (including phenoxy) is 1. The molecule has 2 aromatic carbocycles. The molecule has 158 valence electrons. The predicted octanol–water partition coefficient (Wildman–Crippen LogP) is 3.84. The maximum Gasteiger partial charge on any atom is 0.495 e. The van der Waals surface area contributed by atoms with Gasteiger partial charge in [-0.2, -0.15) is 0 Å². The number of carbonyl (C=O) groups is 2. The molecule has 1 aromatic heterocycles. The lowest BCUT2D eigenvalue weighted by molar-refractivity contribution is 0.00578. The summed E-state index contributed by atoms with van der Waals surface area (Å²) in [6.07, 6.45) is 0.736. The third-order valence-corrected chi connectivity index (χ3v) is 5.85. The van der Waals surface area contributed by atoms with Crippen molar-refractivity contribution in [1.29, 1.82) is 0 Å². The number of hydrogen-bond donors (Lipinski definition) is 1. The second kappa shape index (κ2) is 7.48. The normalized spacial score (nSPS) is 17.0. The van der Waals surface area contributed by atoms with E-state index in [2.05, 4.69) is 4.98 Å². The summed E-state index contributed by atoms with van der Waals surface area (Å²) in [6.45, 7) is 7.80. The number of nitrogens with zero attached hydrogens (tertiary/aromatic N) is 1. The van der Waals surface area contributed by atoms with E-state index in [0.717, 1.165) is 6.29 Å². The lowest BCUT2D eigenvalue weighted by Gasteiger charge is -2.32. The summed E-state index contributed by atoms with van der Waals surface area (Å²) in [5.74, 6) is -0.311. The maximum atomic E-state index is 11.7. The van der Waals surface area contributed by atoms with Crippen molar-refractivity contribution in [2.45, 2.75) is 38.9 Å². The molecule has 8 heteroatoms. The minimum atomic E-state index is -1.02. The maximum absolute atomic E-state index is 11.7. The molecule has 1 fully saturated rings. The van der Waals surface area contributed by atoms with Crippen molar-refractivity contribution >= 4 is 35.7 Å². The van der Waals surface area contributed by atoms with Gasteiger partial charge in [0.25, 0.3) is 0 Å². The van der Waals surface area contributed by atoms with Gasteiger partial charge in [-0.25, -0.2) is 9.78 Å².